The molecular formula is C22H30N2O4S. The first-order chi connectivity index (χ1) is 13.7. The fourth-order valence-corrected chi connectivity index (χ4v) is 3.47. The lowest BCUT2D eigenvalue weighted by Crippen LogP contribution is -2.27. The molecule has 0 bridgehead atoms. The zero-order valence-electron chi connectivity index (χ0n) is 17.6. The van der Waals surface area contributed by atoms with Gasteiger partial charge in [0.05, 0.1) is 18.6 Å². The summed E-state index contributed by atoms with van der Waals surface area (Å²) in [4.78, 5) is 12.5. The maximum atomic E-state index is 12.5. The van der Waals surface area contributed by atoms with Crippen LogP contribution >= 0.6 is 0 Å². The van der Waals surface area contributed by atoms with Gasteiger partial charge in [0.15, 0.2) is 0 Å². The normalized spacial score (nSPS) is 11.2. The van der Waals surface area contributed by atoms with Gasteiger partial charge in [-0.1, -0.05) is 31.2 Å². The van der Waals surface area contributed by atoms with E-state index < -0.39 is 10.0 Å². The molecule has 0 aliphatic heterocycles. The number of ether oxygens (including phenoxy) is 1. The molecule has 0 radical (unpaired) electrons. The minimum absolute atomic E-state index is 0.219. The summed E-state index contributed by atoms with van der Waals surface area (Å²) in [6, 6.07) is 13.0. The van der Waals surface area contributed by atoms with Crippen LogP contribution in [0.15, 0.2) is 42.5 Å². The first-order valence-electron chi connectivity index (χ1n) is 9.77. The van der Waals surface area contributed by atoms with Gasteiger partial charge < -0.3 is 10.1 Å². The number of para-hydroxylation sites is 1. The molecular weight excluding hydrogens is 388 g/mol. The summed E-state index contributed by atoms with van der Waals surface area (Å²) in [6.07, 6.45) is 3.68. The number of aryl methyl sites for hydroxylation is 2. The number of hydrogen-bond acceptors (Lipinski definition) is 4. The smallest absolute Gasteiger partial charge is 0.251 e. The number of anilines is 1. The van der Waals surface area contributed by atoms with Gasteiger partial charge in [0.2, 0.25) is 10.0 Å². The third kappa shape index (κ3) is 6.49. The minimum atomic E-state index is -3.39. The molecule has 2 aromatic carbocycles. The maximum absolute atomic E-state index is 12.5. The molecule has 0 fully saturated rings. The van der Waals surface area contributed by atoms with Crippen molar-refractivity contribution in [1.29, 1.82) is 0 Å². The van der Waals surface area contributed by atoms with Gasteiger partial charge >= 0.3 is 0 Å². The molecule has 0 unspecified atom stereocenters. The van der Waals surface area contributed by atoms with E-state index in [-0.39, 0.29) is 5.91 Å². The molecule has 1 amide bonds. The van der Waals surface area contributed by atoms with Crippen molar-refractivity contribution in [2.75, 3.05) is 30.8 Å². The summed E-state index contributed by atoms with van der Waals surface area (Å²) in [5.74, 6) is 0.677. The lowest BCUT2D eigenvalue weighted by atomic mass is 10.1. The number of amides is 1. The van der Waals surface area contributed by atoms with Crippen molar-refractivity contribution in [2.45, 2.75) is 33.1 Å². The van der Waals surface area contributed by atoms with E-state index in [1.165, 1.54) is 11.4 Å². The Morgan fingerprint density at radius 2 is 1.90 bits per heavy atom. The molecule has 0 aliphatic carbocycles. The Bertz CT molecular complexity index is 942. The van der Waals surface area contributed by atoms with E-state index in [1.54, 1.807) is 18.2 Å². The van der Waals surface area contributed by atoms with E-state index in [4.69, 9.17) is 4.74 Å². The lowest BCUT2D eigenvalue weighted by Gasteiger charge is -2.19. The van der Waals surface area contributed by atoms with Gasteiger partial charge in [0.1, 0.15) is 5.75 Å². The topological polar surface area (TPSA) is 75.7 Å². The van der Waals surface area contributed by atoms with Crippen LogP contribution in [0.4, 0.5) is 5.69 Å². The van der Waals surface area contributed by atoms with Crippen LogP contribution in [0, 0.1) is 6.92 Å². The van der Waals surface area contributed by atoms with Gasteiger partial charge in [-0.15, -0.1) is 0 Å². The predicted octanol–water partition coefficient (Wildman–Crippen LogP) is 3.54. The van der Waals surface area contributed by atoms with E-state index in [0.717, 1.165) is 42.4 Å². The Hall–Kier alpha value is -2.54. The monoisotopic (exact) mass is 418 g/mol. The first-order valence-corrected chi connectivity index (χ1v) is 11.6. The van der Waals surface area contributed by atoms with Gasteiger partial charge in [0, 0.05) is 19.2 Å². The van der Waals surface area contributed by atoms with Crippen molar-refractivity contribution >= 4 is 21.6 Å². The molecule has 29 heavy (non-hydrogen) atoms. The summed E-state index contributed by atoms with van der Waals surface area (Å²) in [7, 11) is -1.91. The Balaban J connectivity index is 1.95. The second-order valence-corrected chi connectivity index (χ2v) is 9.06. The quantitative estimate of drug-likeness (QED) is 0.599. The summed E-state index contributed by atoms with van der Waals surface area (Å²) in [6.45, 7) is 5.09. The fraction of sp³-hybridized carbons (Fsp3) is 0.409. The first kappa shape index (κ1) is 22.7. The number of rotatable bonds is 10. The Morgan fingerprint density at radius 1 is 1.17 bits per heavy atom. The lowest BCUT2D eigenvalue weighted by molar-refractivity contribution is 0.0953. The average Bonchev–Trinajstić information content (AvgIpc) is 2.69. The fourth-order valence-electron chi connectivity index (χ4n) is 2.91. The van der Waals surface area contributed by atoms with Crippen molar-refractivity contribution in [2.24, 2.45) is 0 Å². The van der Waals surface area contributed by atoms with Gasteiger partial charge in [-0.2, -0.15) is 0 Å². The van der Waals surface area contributed by atoms with Crippen molar-refractivity contribution in [3.05, 3.63) is 59.2 Å². The van der Waals surface area contributed by atoms with E-state index in [9.17, 15) is 13.2 Å². The Morgan fingerprint density at radius 3 is 2.59 bits per heavy atom. The van der Waals surface area contributed by atoms with Crippen LogP contribution in [-0.2, 0) is 16.4 Å². The standard InChI is InChI=1S/C22H30N2O4S/c1-5-15-28-21-11-7-6-9-18(21)10-8-14-23-22(25)19-13-12-17(2)20(16-19)24(3)29(4,26)27/h6-7,9,11-13,16H,5,8,10,14-15H2,1-4H3,(H,23,25). The molecule has 0 aliphatic rings. The second kappa shape index (κ2) is 10.3. The summed E-state index contributed by atoms with van der Waals surface area (Å²) >= 11 is 0. The van der Waals surface area contributed by atoms with Gasteiger partial charge in [-0.3, -0.25) is 9.10 Å². The van der Waals surface area contributed by atoms with Gasteiger partial charge in [-0.25, -0.2) is 8.42 Å². The molecule has 0 aromatic heterocycles. The molecule has 2 rings (SSSR count). The predicted molar refractivity (Wildman–Crippen MR) is 117 cm³/mol. The molecule has 0 saturated heterocycles. The number of nitrogens with one attached hydrogen (secondary N) is 1. The molecule has 0 saturated carbocycles. The molecule has 1 N–H and O–H groups in total. The van der Waals surface area contributed by atoms with Crippen molar-refractivity contribution in [3.8, 4) is 5.75 Å². The van der Waals surface area contributed by atoms with Crippen molar-refractivity contribution < 1.29 is 17.9 Å². The SMILES string of the molecule is CCCOc1ccccc1CCCNC(=O)c1ccc(C)c(N(C)S(C)(=O)=O)c1. The van der Waals surface area contributed by atoms with E-state index >= 15 is 0 Å². The largest absolute Gasteiger partial charge is 0.493 e. The highest BCUT2D eigenvalue weighted by molar-refractivity contribution is 7.92. The van der Waals surface area contributed by atoms with E-state index in [0.29, 0.717) is 24.4 Å². The highest BCUT2D eigenvalue weighted by Gasteiger charge is 2.16. The Kier molecular flexibility index (Phi) is 8.08. The number of carbonyl (C=O) groups excluding carboxylic acids is 1. The summed E-state index contributed by atoms with van der Waals surface area (Å²) in [5.41, 5.74) is 2.86. The maximum Gasteiger partial charge on any atom is 0.251 e. The molecule has 0 spiro atoms. The minimum Gasteiger partial charge on any atom is -0.493 e. The van der Waals surface area contributed by atoms with E-state index in [1.807, 2.05) is 31.2 Å². The van der Waals surface area contributed by atoms with Gasteiger partial charge in [-0.05, 0) is 55.5 Å². The van der Waals surface area contributed by atoms with Gasteiger partial charge in [0.25, 0.3) is 5.91 Å². The van der Waals surface area contributed by atoms with Crippen LogP contribution in [0.3, 0.4) is 0 Å². The number of sulfonamides is 1. The number of benzene rings is 2. The average molecular weight is 419 g/mol. The van der Waals surface area contributed by atoms with Crippen LogP contribution in [0.1, 0.15) is 41.3 Å². The third-order valence-corrected chi connectivity index (χ3v) is 5.84. The Labute approximate surface area is 173 Å². The second-order valence-electron chi connectivity index (χ2n) is 7.05. The highest BCUT2D eigenvalue weighted by Crippen LogP contribution is 2.23. The van der Waals surface area contributed by atoms with Crippen molar-refractivity contribution in [1.82, 2.24) is 5.32 Å². The zero-order valence-corrected chi connectivity index (χ0v) is 18.4. The van der Waals surface area contributed by atoms with Crippen LogP contribution in [0.5, 0.6) is 5.75 Å². The zero-order chi connectivity index (χ0) is 21.4. The number of hydrogen-bond donors (Lipinski definition) is 1. The van der Waals surface area contributed by atoms with Crippen LogP contribution in [0.2, 0.25) is 0 Å². The van der Waals surface area contributed by atoms with E-state index in [2.05, 4.69) is 12.2 Å². The molecule has 7 heteroatoms. The molecule has 0 atom stereocenters. The van der Waals surface area contributed by atoms with Crippen LogP contribution < -0.4 is 14.4 Å². The number of carbonyl (C=O) groups is 1. The molecule has 0 heterocycles. The van der Waals surface area contributed by atoms with Crippen LogP contribution in [-0.4, -0.2) is 40.8 Å². The molecule has 2 aromatic rings. The van der Waals surface area contributed by atoms with Crippen molar-refractivity contribution in [3.63, 3.8) is 0 Å². The number of nitrogens with zero attached hydrogens (tertiary/aromatic N) is 1. The highest BCUT2D eigenvalue weighted by atomic mass is 32.2. The third-order valence-electron chi connectivity index (χ3n) is 4.65. The summed E-state index contributed by atoms with van der Waals surface area (Å²) in [5, 5.41) is 2.91. The molecule has 158 valence electrons. The van der Waals surface area contributed by atoms with Crippen LogP contribution in [0.25, 0.3) is 0 Å². The molecule has 6 nitrogen and oxygen atoms in total. The summed E-state index contributed by atoms with van der Waals surface area (Å²) < 4.78 is 30.6.